The number of ether oxygens (including phenoxy) is 2. The number of carbonyl (C=O) groups excluding carboxylic acids is 2. The molecule has 2 aliphatic rings. The molecule has 10 heteroatoms. The Kier molecular flexibility index (Phi) is 29.5. The van der Waals surface area contributed by atoms with Gasteiger partial charge in [0.1, 0.15) is 6.61 Å². The first-order chi connectivity index (χ1) is 28.0. The molecule has 0 saturated heterocycles. The molecular formula is C48H91NO9. The van der Waals surface area contributed by atoms with Crippen LogP contribution >= 0.6 is 0 Å². The van der Waals surface area contributed by atoms with E-state index in [-0.39, 0.29) is 37.3 Å². The summed E-state index contributed by atoms with van der Waals surface area (Å²) in [5, 5.41) is 52.0. The molecule has 2 saturated carbocycles. The van der Waals surface area contributed by atoms with Gasteiger partial charge in [-0.05, 0) is 109 Å². The summed E-state index contributed by atoms with van der Waals surface area (Å²) in [6.07, 6.45) is 31.6. The lowest BCUT2D eigenvalue weighted by Crippen LogP contribution is -2.37. The SMILES string of the molecule is CCCCCCCCC(CCC1CCC1)C(=O)OCC(O)(O)CCCCN(CCCCO)CCCCCC(O)(O)OC(=O)C(CCCCCCCC)CCC1CCC1. The molecule has 2 unspecified atom stereocenters. The first kappa shape index (κ1) is 52.8. The predicted octanol–water partition coefficient (Wildman–Crippen LogP) is 10.1. The Bertz CT molecular complexity index is 1020. The largest absolute Gasteiger partial charge is 0.460 e. The molecule has 5 N–H and O–H groups in total. The smallest absolute Gasteiger partial charge is 0.324 e. The monoisotopic (exact) mass is 826 g/mol. The molecule has 0 amide bonds. The molecule has 2 aliphatic carbocycles. The summed E-state index contributed by atoms with van der Waals surface area (Å²) < 4.78 is 10.9. The normalized spacial score (nSPS) is 16.3. The van der Waals surface area contributed by atoms with E-state index in [2.05, 4.69) is 18.7 Å². The van der Waals surface area contributed by atoms with E-state index in [9.17, 15) is 35.1 Å². The van der Waals surface area contributed by atoms with Crippen molar-refractivity contribution in [2.75, 3.05) is 32.8 Å². The van der Waals surface area contributed by atoms with Gasteiger partial charge in [-0.1, -0.05) is 136 Å². The van der Waals surface area contributed by atoms with E-state index >= 15 is 0 Å². The van der Waals surface area contributed by atoms with Gasteiger partial charge in [-0.3, -0.25) is 9.59 Å². The Morgan fingerprint density at radius 3 is 1.52 bits per heavy atom. The van der Waals surface area contributed by atoms with Crippen molar-refractivity contribution in [3.8, 4) is 0 Å². The Balaban J connectivity index is 1.72. The van der Waals surface area contributed by atoms with Crippen LogP contribution in [0.4, 0.5) is 0 Å². The highest BCUT2D eigenvalue weighted by Crippen LogP contribution is 2.34. The third-order valence-electron chi connectivity index (χ3n) is 13.1. The molecule has 0 spiro atoms. The van der Waals surface area contributed by atoms with Crippen LogP contribution in [0.2, 0.25) is 0 Å². The summed E-state index contributed by atoms with van der Waals surface area (Å²) >= 11 is 0. The minimum Gasteiger partial charge on any atom is -0.460 e. The molecular weight excluding hydrogens is 735 g/mol. The van der Waals surface area contributed by atoms with Crippen molar-refractivity contribution in [2.45, 2.75) is 237 Å². The highest BCUT2D eigenvalue weighted by Gasteiger charge is 2.33. The van der Waals surface area contributed by atoms with E-state index in [1.54, 1.807) is 0 Å². The number of aliphatic hydroxyl groups excluding tert-OH is 1. The minimum atomic E-state index is -2.46. The molecule has 0 bridgehead atoms. The fourth-order valence-corrected chi connectivity index (χ4v) is 8.60. The number of aliphatic hydroxyl groups is 5. The molecule has 58 heavy (non-hydrogen) atoms. The Morgan fingerprint density at radius 1 is 0.569 bits per heavy atom. The van der Waals surface area contributed by atoms with Crippen LogP contribution in [0.25, 0.3) is 0 Å². The zero-order valence-electron chi connectivity index (χ0n) is 37.5. The van der Waals surface area contributed by atoms with Crippen LogP contribution in [0.15, 0.2) is 0 Å². The zero-order chi connectivity index (χ0) is 42.3. The van der Waals surface area contributed by atoms with Crippen LogP contribution in [0, 0.1) is 23.7 Å². The van der Waals surface area contributed by atoms with Crippen molar-refractivity contribution in [1.29, 1.82) is 0 Å². The molecule has 342 valence electrons. The van der Waals surface area contributed by atoms with Gasteiger partial charge < -0.3 is 39.9 Å². The highest BCUT2D eigenvalue weighted by molar-refractivity contribution is 5.73. The first-order valence-corrected chi connectivity index (χ1v) is 24.6. The number of carbonyl (C=O) groups is 2. The maximum Gasteiger partial charge on any atom is 0.324 e. The van der Waals surface area contributed by atoms with Gasteiger partial charge in [0.05, 0.1) is 11.8 Å². The summed E-state index contributed by atoms with van der Waals surface area (Å²) in [4.78, 5) is 28.5. The summed E-state index contributed by atoms with van der Waals surface area (Å²) in [6, 6.07) is 0. The lowest BCUT2D eigenvalue weighted by Gasteiger charge is -2.28. The van der Waals surface area contributed by atoms with Gasteiger partial charge in [0.2, 0.25) is 0 Å². The van der Waals surface area contributed by atoms with Crippen molar-refractivity contribution in [2.24, 2.45) is 23.7 Å². The lowest BCUT2D eigenvalue weighted by molar-refractivity contribution is -0.324. The van der Waals surface area contributed by atoms with Crippen LogP contribution in [0.1, 0.15) is 226 Å². The molecule has 2 rings (SSSR count). The van der Waals surface area contributed by atoms with Crippen molar-refractivity contribution in [1.82, 2.24) is 4.90 Å². The molecule has 0 heterocycles. The first-order valence-electron chi connectivity index (χ1n) is 24.6. The quantitative estimate of drug-likeness (QED) is 0.0229. The van der Waals surface area contributed by atoms with Crippen molar-refractivity contribution >= 4 is 11.9 Å². The van der Waals surface area contributed by atoms with Crippen LogP contribution < -0.4 is 0 Å². The molecule has 2 fully saturated rings. The number of esters is 2. The van der Waals surface area contributed by atoms with Gasteiger partial charge in [-0.2, -0.15) is 0 Å². The number of hydrogen-bond donors (Lipinski definition) is 5. The minimum absolute atomic E-state index is 0.0322. The number of nitrogens with zero attached hydrogens (tertiary/aromatic N) is 1. The number of unbranched alkanes of at least 4 members (excludes halogenated alkanes) is 14. The maximum absolute atomic E-state index is 13.1. The van der Waals surface area contributed by atoms with E-state index < -0.39 is 24.3 Å². The third kappa shape index (κ3) is 26.1. The number of rotatable bonds is 40. The van der Waals surface area contributed by atoms with Gasteiger partial charge in [-0.15, -0.1) is 0 Å². The number of hydrogen-bond acceptors (Lipinski definition) is 10. The van der Waals surface area contributed by atoms with Crippen molar-refractivity contribution < 1.29 is 44.6 Å². The summed E-state index contributed by atoms with van der Waals surface area (Å²) in [7, 11) is 0. The van der Waals surface area contributed by atoms with E-state index in [0.717, 1.165) is 115 Å². The summed E-state index contributed by atoms with van der Waals surface area (Å²) in [5.74, 6) is -4.35. The van der Waals surface area contributed by atoms with E-state index in [0.29, 0.717) is 25.2 Å². The lowest BCUT2D eigenvalue weighted by atomic mass is 9.80. The molecule has 0 aromatic heterocycles. The second kappa shape index (κ2) is 32.4. The summed E-state index contributed by atoms with van der Waals surface area (Å²) in [5.41, 5.74) is 0. The van der Waals surface area contributed by atoms with Gasteiger partial charge in [-0.25, -0.2) is 0 Å². The molecule has 10 nitrogen and oxygen atoms in total. The fraction of sp³-hybridized carbons (Fsp3) is 0.958. The topological polar surface area (TPSA) is 157 Å². The van der Waals surface area contributed by atoms with Gasteiger partial charge in [0, 0.05) is 19.4 Å². The van der Waals surface area contributed by atoms with Crippen LogP contribution in [0.3, 0.4) is 0 Å². The Hall–Kier alpha value is -1.30. The third-order valence-corrected chi connectivity index (χ3v) is 13.1. The fourth-order valence-electron chi connectivity index (χ4n) is 8.60. The zero-order valence-corrected chi connectivity index (χ0v) is 37.5. The molecule has 2 atom stereocenters. The second-order valence-electron chi connectivity index (χ2n) is 18.5. The van der Waals surface area contributed by atoms with Crippen LogP contribution in [-0.4, -0.2) is 87.0 Å². The van der Waals surface area contributed by atoms with E-state index in [1.165, 1.54) is 89.9 Å². The Morgan fingerprint density at radius 2 is 1.02 bits per heavy atom. The summed E-state index contributed by atoms with van der Waals surface area (Å²) in [6.45, 7) is 6.50. The molecule has 0 radical (unpaired) electrons. The van der Waals surface area contributed by atoms with Gasteiger partial charge in [0.15, 0.2) is 5.79 Å². The maximum atomic E-state index is 13.1. The highest BCUT2D eigenvalue weighted by atomic mass is 16.8. The standard InChI is InChI=1S/C48H91NO9/c1-3-5-7-9-11-14-28-43(32-30-41-24-22-25-41)45(51)57-40-47(53,54)34-17-19-37-49(38-20-21-39-50)36-18-13-16-35-48(55,56)58-46(52)44(33-31-42-26-23-27-42)29-15-12-10-8-6-4-2/h41-44,50,53-56H,3-40H2,1-2H3. The molecule has 0 aromatic rings. The predicted molar refractivity (Wildman–Crippen MR) is 233 cm³/mol. The second-order valence-corrected chi connectivity index (χ2v) is 18.5. The van der Waals surface area contributed by atoms with Crippen molar-refractivity contribution in [3.05, 3.63) is 0 Å². The van der Waals surface area contributed by atoms with Crippen molar-refractivity contribution in [3.63, 3.8) is 0 Å². The van der Waals surface area contributed by atoms with Crippen LogP contribution in [-0.2, 0) is 19.1 Å². The van der Waals surface area contributed by atoms with E-state index in [4.69, 9.17) is 9.47 Å². The average Bonchev–Trinajstić information content (AvgIpc) is 3.14. The molecule has 0 aromatic carbocycles. The van der Waals surface area contributed by atoms with Gasteiger partial charge >= 0.3 is 17.9 Å². The Labute approximate surface area is 354 Å². The van der Waals surface area contributed by atoms with E-state index in [1.807, 2.05) is 0 Å². The van der Waals surface area contributed by atoms with Crippen LogP contribution in [0.5, 0.6) is 0 Å². The van der Waals surface area contributed by atoms with Gasteiger partial charge in [0.25, 0.3) is 0 Å². The average molecular weight is 826 g/mol. The molecule has 0 aliphatic heterocycles.